The van der Waals surface area contributed by atoms with Crippen LogP contribution in [-0.2, 0) is 5.54 Å². The van der Waals surface area contributed by atoms with Crippen LogP contribution in [0.3, 0.4) is 0 Å². The number of aromatic nitrogens is 2. The van der Waals surface area contributed by atoms with E-state index < -0.39 is 11.4 Å². The average molecular weight is 439 g/mol. The van der Waals surface area contributed by atoms with E-state index in [9.17, 15) is 14.4 Å². The molecule has 170 valence electrons. The molecule has 2 aliphatic carbocycles. The van der Waals surface area contributed by atoms with Crippen LogP contribution in [0.4, 0.5) is 15.9 Å². The number of nitrogens with two attached hydrogens (primary N) is 1. The zero-order valence-electron chi connectivity index (χ0n) is 18.3. The molecule has 2 aliphatic rings. The summed E-state index contributed by atoms with van der Waals surface area (Å²) in [7, 11) is 0. The van der Waals surface area contributed by atoms with E-state index in [-0.39, 0.29) is 11.4 Å². The van der Waals surface area contributed by atoms with Crippen molar-refractivity contribution in [1.29, 1.82) is 5.26 Å². The van der Waals surface area contributed by atoms with Crippen LogP contribution in [0.1, 0.15) is 74.6 Å². The van der Waals surface area contributed by atoms with Crippen molar-refractivity contribution in [2.75, 3.05) is 5.32 Å². The standard InChI is InChI=1S/C24H31FN6O/c25-17-6-8-19(9-7-17)29-23-21(22(27)32)16-31(30-23)24(14-15-26)12-10-20(11-13-24)28-18-4-2-1-3-5-18/h6-9,16,18,20,28H,1-5,10-14H2,(H2,27,32)(H,29,30)/t20-,24+. The smallest absolute Gasteiger partial charge is 0.254 e. The number of anilines is 2. The lowest BCUT2D eigenvalue weighted by atomic mass is 9.77. The minimum Gasteiger partial charge on any atom is -0.365 e. The second-order valence-electron chi connectivity index (χ2n) is 9.17. The maximum absolute atomic E-state index is 13.2. The molecule has 0 unspecified atom stereocenters. The maximum Gasteiger partial charge on any atom is 0.254 e. The van der Waals surface area contributed by atoms with Gasteiger partial charge in [0, 0.05) is 24.0 Å². The van der Waals surface area contributed by atoms with Gasteiger partial charge in [-0.25, -0.2) is 4.39 Å². The van der Waals surface area contributed by atoms with Gasteiger partial charge in [-0.1, -0.05) is 19.3 Å². The number of amides is 1. The predicted octanol–water partition coefficient (Wildman–Crippen LogP) is 4.34. The highest BCUT2D eigenvalue weighted by Gasteiger charge is 2.39. The van der Waals surface area contributed by atoms with Gasteiger partial charge in [0.2, 0.25) is 0 Å². The third-order valence-corrected chi connectivity index (χ3v) is 6.97. The van der Waals surface area contributed by atoms with Crippen molar-refractivity contribution in [2.45, 2.75) is 81.8 Å². The molecule has 32 heavy (non-hydrogen) atoms. The van der Waals surface area contributed by atoms with Gasteiger partial charge in [-0.2, -0.15) is 10.4 Å². The van der Waals surface area contributed by atoms with Gasteiger partial charge in [-0.3, -0.25) is 9.48 Å². The Morgan fingerprint density at radius 2 is 1.81 bits per heavy atom. The fourth-order valence-corrected chi connectivity index (χ4v) is 5.12. The molecule has 1 amide bonds. The molecule has 2 aromatic rings. The van der Waals surface area contributed by atoms with Gasteiger partial charge in [0.25, 0.3) is 5.91 Å². The molecular weight excluding hydrogens is 407 g/mol. The van der Waals surface area contributed by atoms with Crippen molar-refractivity contribution in [2.24, 2.45) is 5.73 Å². The van der Waals surface area contributed by atoms with Crippen LogP contribution in [0, 0.1) is 17.1 Å². The van der Waals surface area contributed by atoms with E-state index in [2.05, 4.69) is 21.8 Å². The molecule has 4 N–H and O–H groups in total. The van der Waals surface area contributed by atoms with Crippen molar-refractivity contribution in [3.05, 3.63) is 41.8 Å². The molecular formula is C24H31FN6O. The van der Waals surface area contributed by atoms with Crippen molar-refractivity contribution >= 4 is 17.4 Å². The fourth-order valence-electron chi connectivity index (χ4n) is 5.12. The van der Waals surface area contributed by atoms with E-state index in [0.717, 1.165) is 25.7 Å². The number of rotatable bonds is 7. The summed E-state index contributed by atoms with van der Waals surface area (Å²) in [6, 6.07) is 9.21. The van der Waals surface area contributed by atoms with Crippen LogP contribution < -0.4 is 16.4 Å². The van der Waals surface area contributed by atoms with Crippen molar-refractivity contribution in [3.8, 4) is 6.07 Å². The minimum absolute atomic E-state index is 0.258. The number of nitrogens with one attached hydrogen (secondary N) is 2. The number of nitriles is 1. The molecule has 1 heterocycles. The highest BCUT2D eigenvalue weighted by Crippen LogP contribution is 2.39. The highest BCUT2D eigenvalue weighted by atomic mass is 19.1. The third kappa shape index (κ3) is 4.94. The number of hydrogen-bond acceptors (Lipinski definition) is 5. The summed E-state index contributed by atoms with van der Waals surface area (Å²) in [5.74, 6) is -0.618. The van der Waals surface area contributed by atoms with Gasteiger partial charge in [0.05, 0.1) is 18.0 Å². The molecule has 0 radical (unpaired) electrons. The molecule has 0 aliphatic heterocycles. The molecule has 7 nitrogen and oxygen atoms in total. The first-order valence-corrected chi connectivity index (χ1v) is 11.5. The van der Waals surface area contributed by atoms with Crippen LogP contribution in [0.2, 0.25) is 0 Å². The van der Waals surface area contributed by atoms with Crippen LogP contribution in [-0.4, -0.2) is 27.8 Å². The Kier molecular flexibility index (Phi) is 6.75. The van der Waals surface area contributed by atoms with Crippen LogP contribution >= 0.6 is 0 Å². The van der Waals surface area contributed by atoms with E-state index >= 15 is 0 Å². The van der Waals surface area contributed by atoms with Crippen molar-refractivity contribution in [1.82, 2.24) is 15.1 Å². The summed E-state index contributed by atoms with van der Waals surface area (Å²) in [4.78, 5) is 12.1. The Bertz CT molecular complexity index is 965. The molecule has 0 spiro atoms. The Morgan fingerprint density at radius 3 is 2.44 bits per heavy atom. The number of nitrogens with zero attached hydrogens (tertiary/aromatic N) is 3. The fraction of sp³-hybridized carbons (Fsp3) is 0.542. The Hall–Kier alpha value is -2.92. The molecule has 8 heteroatoms. The summed E-state index contributed by atoms with van der Waals surface area (Å²) in [6.07, 6.45) is 11.9. The lowest BCUT2D eigenvalue weighted by Crippen LogP contribution is -2.46. The molecule has 4 rings (SSSR count). The van der Waals surface area contributed by atoms with Crippen molar-refractivity contribution < 1.29 is 9.18 Å². The summed E-state index contributed by atoms with van der Waals surface area (Å²) in [5, 5.41) is 21.1. The minimum atomic E-state index is -0.597. The van der Waals surface area contributed by atoms with Crippen LogP contribution in [0.15, 0.2) is 30.5 Å². The largest absolute Gasteiger partial charge is 0.365 e. The zero-order valence-corrected chi connectivity index (χ0v) is 18.3. The molecule has 1 aromatic heterocycles. The second-order valence-corrected chi connectivity index (χ2v) is 9.17. The topological polar surface area (TPSA) is 109 Å². The average Bonchev–Trinajstić information content (AvgIpc) is 3.22. The number of hydrogen-bond donors (Lipinski definition) is 3. The molecule has 1 aromatic carbocycles. The van der Waals surface area contributed by atoms with Crippen LogP contribution in [0.5, 0.6) is 0 Å². The van der Waals surface area contributed by atoms with E-state index in [1.807, 2.05) is 0 Å². The number of carbonyl (C=O) groups is 1. The SMILES string of the molecule is N#CC[C@]1(n2cc(C(N)=O)c(Nc3ccc(F)cc3)n2)CC[C@@H](NC2CCCCC2)CC1. The van der Waals surface area contributed by atoms with Gasteiger partial charge < -0.3 is 16.4 Å². The second kappa shape index (κ2) is 9.70. The molecule has 0 bridgehead atoms. The first-order valence-electron chi connectivity index (χ1n) is 11.5. The van der Waals surface area contributed by atoms with Gasteiger partial charge in [0.1, 0.15) is 11.4 Å². The first-order chi connectivity index (χ1) is 15.5. The van der Waals surface area contributed by atoms with Gasteiger partial charge in [-0.15, -0.1) is 0 Å². The Balaban J connectivity index is 1.52. The summed E-state index contributed by atoms with van der Waals surface area (Å²) < 4.78 is 15.0. The number of carbonyl (C=O) groups excluding carboxylic acids is 1. The molecule has 0 atom stereocenters. The third-order valence-electron chi connectivity index (χ3n) is 6.97. The Morgan fingerprint density at radius 1 is 1.16 bits per heavy atom. The molecule has 0 saturated heterocycles. The summed E-state index contributed by atoms with van der Waals surface area (Å²) in [5.41, 5.74) is 6.01. The monoisotopic (exact) mass is 438 g/mol. The first kappa shape index (κ1) is 22.3. The lowest BCUT2D eigenvalue weighted by Gasteiger charge is -2.40. The highest BCUT2D eigenvalue weighted by molar-refractivity contribution is 5.98. The van der Waals surface area contributed by atoms with E-state index in [1.54, 1.807) is 23.0 Å². The van der Waals surface area contributed by atoms with Crippen LogP contribution in [0.25, 0.3) is 0 Å². The quantitative estimate of drug-likeness (QED) is 0.596. The lowest BCUT2D eigenvalue weighted by molar-refractivity contribution is 0.1000. The van der Waals surface area contributed by atoms with E-state index in [0.29, 0.717) is 30.0 Å². The molecule has 2 saturated carbocycles. The normalized spacial score (nSPS) is 24.1. The van der Waals surface area contributed by atoms with Gasteiger partial charge in [0.15, 0.2) is 5.82 Å². The number of primary amides is 1. The predicted molar refractivity (Wildman–Crippen MR) is 121 cm³/mol. The van der Waals surface area contributed by atoms with Crippen molar-refractivity contribution in [3.63, 3.8) is 0 Å². The summed E-state index contributed by atoms with van der Waals surface area (Å²) >= 11 is 0. The maximum atomic E-state index is 13.2. The van der Waals surface area contributed by atoms with Gasteiger partial charge >= 0.3 is 0 Å². The number of halogens is 1. The Labute approximate surface area is 188 Å². The van der Waals surface area contributed by atoms with Gasteiger partial charge in [-0.05, 0) is 62.8 Å². The molecule has 2 fully saturated rings. The van der Waals surface area contributed by atoms with E-state index in [4.69, 9.17) is 5.73 Å². The van der Waals surface area contributed by atoms with E-state index in [1.165, 1.54) is 44.2 Å². The summed E-state index contributed by atoms with van der Waals surface area (Å²) in [6.45, 7) is 0. The zero-order chi connectivity index (χ0) is 22.6. The number of benzene rings is 1.